The molecule has 0 radical (unpaired) electrons. The highest BCUT2D eigenvalue weighted by molar-refractivity contribution is 7.13. The van der Waals surface area contributed by atoms with Crippen LogP contribution in [-0.2, 0) is 6.54 Å². The van der Waals surface area contributed by atoms with Crippen molar-refractivity contribution in [1.29, 1.82) is 0 Å². The van der Waals surface area contributed by atoms with Crippen molar-refractivity contribution >= 4 is 28.5 Å². The van der Waals surface area contributed by atoms with Crippen LogP contribution in [0.2, 0.25) is 5.02 Å². The van der Waals surface area contributed by atoms with E-state index in [2.05, 4.69) is 5.10 Å². The highest BCUT2D eigenvalue weighted by Crippen LogP contribution is 2.23. The van der Waals surface area contributed by atoms with Gasteiger partial charge in [-0.15, -0.1) is 11.3 Å². The van der Waals surface area contributed by atoms with Gasteiger partial charge in [0.1, 0.15) is 11.2 Å². The zero-order valence-corrected chi connectivity index (χ0v) is 14.6. The molecule has 0 amide bonds. The molecular formula is C18H14ClN3O2S. The highest BCUT2D eigenvalue weighted by atomic mass is 35.5. The van der Waals surface area contributed by atoms with E-state index >= 15 is 0 Å². The molecule has 0 aliphatic carbocycles. The van der Waals surface area contributed by atoms with Crippen molar-refractivity contribution in [2.24, 2.45) is 0 Å². The Morgan fingerprint density at radius 1 is 1.20 bits per heavy atom. The molecule has 0 saturated carbocycles. The maximum Gasteiger partial charge on any atom is 0.276 e. The van der Waals surface area contributed by atoms with E-state index in [4.69, 9.17) is 11.6 Å². The van der Waals surface area contributed by atoms with Crippen LogP contribution in [0.15, 0.2) is 65.0 Å². The molecule has 7 heteroatoms. The van der Waals surface area contributed by atoms with Crippen LogP contribution in [-0.4, -0.2) is 19.3 Å². The van der Waals surface area contributed by atoms with Crippen molar-refractivity contribution in [3.8, 4) is 10.6 Å². The van der Waals surface area contributed by atoms with Crippen LogP contribution in [0.3, 0.4) is 0 Å². The summed E-state index contributed by atoms with van der Waals surface area (Å²) in [6.45, 7) is 0.148. The molecule has 1 aromatic carbocycles. The molecule has 1 atom stereocenters. The largest absolute Gasteiger partial charge is 0.387 e. The van der Waals surface area contributed by atoms with E-state index in [0.29, 0.717) is 16.1 Å². The van der Waals surface area contributed by atoms with Crippen LogP contribution in [0.25, 0.3) is 16.1 Å². The third-order valence-corrected chi connectivity index (χ3v) is 5.11. The van der Waals surface area contributed by atoms with E-state index in [1.54, 1.807) is 58.6 Å². The normalized spacial score (nSPS) is 12.6. The molecule has 0 aliphatic heterocycles. The molecule has 3 heterocycles. The molecule has 3 aromatic heterocycles. The van der Waals surface area contributed by atoms with E-state index in [1.807, 2.05) is 17.5 Å². The van der Waals surface area contributed by atoms with Crippen LogP contribution in [0.5, 0.6) is 0 Å². The number of hydrogen-bond donors (Lipinski definition) is 1. The summed E-state index contributed by atoms with van der Waals surface area (Å²) in [5.41, 5.74) is 1.72. The fraction of sp³-hybridized carbons (Fsp3) is 0.111. The van der Waals surface area contributed by atoms with Crippen molar-refractivity contribution in [3.63, 3.8) is 0 Å². The standard InChI is InChI=1S/C18H14ClN3O2S/c19-13-4-1-3-12(9-13)16(23)11-21-6-7-22-15(18(21)24)10-14(20-22)17-5-2-8-25-17/h1-10,16,23H,11H2/t16-/m0/s1. The monoisotopic (exact) mass is 371 g/mol. The van der Waals surface area contributed by atoms with E-state index in [9.17, 15) is 9.90 Å². The van der Waals surface area contributed by atoms with Crippen LogP contribution in [0, 0.1) is 0 Å². The van der Waals surface area contributed by atoms with E-state index in [1.165, 1.54) is 4.57 Å². The van der Waals surface area contributed by atoms with Crippen molar-refractivity contribution < 1.29 is 5.11 Å². The van der Waals surface area contributed by atoms with Gasteiger partial charge in [0.2, 0.25) is 0 Å². The Labute approximate surface area is 152 Å². The molecule has 0 saturated heterocycles. The molecule has 4 rings (SSSR count). The van der Waals surface area contributed by atoms with Gasteiger partial charge in [0.05, 0.1) is 17.5 Å². The van der Waals surface area contributed by atoms with Gasteiger partial charge in [-0.2, -0.15) is 5.10 Å². The van der Waals surface area contributed by atoms with Gasteiger partial charge in [0.25, 0.3) is 5.56 Å². The first-order valence-electron chi connectivity index (χ1n) is 7.68. The molecule has 126 valence electrons. The lowest BCUT2D eigenvalue weighted by Gasteiger charge is -2.13. The zero-order chi connectivity index (χ0) is 17.4. The molecule has 0 bridgehead atoms. The number of fused-ring (bicyclic) bond motifs is 1. The number of halogens is 1. The summed E-state index contributed by atoms with van der Waals surface area (Å²) in [5.74, 6) is 0. The Bertz CT molecular complexity index is 1090. The predicted molar refractivity (Wildman–Crippen MR) is 99.2 cm³/mol. The van der Waals surface area contributed by atoms with Gasteiger partial charge in [-0.1, -0.05) is 29.8 Å². The molecule has 0 spiro atoms. The average molecular weight is 372 g/mol. The molecule has 4 aromatic rings. The molecular weight excluding hydrogens is 358 g/mol. The lowest BCUT2D eigenvalue weighted by molar-refractivity contribution is 0.155. The smallest absolute Gasteiger partial charge is 0.276 e. The number of benzene rings is 1. The van der Waals surface area contributed by atoms with Gasteiger partial charge in [0, 0.05) is 17.4 Å². The third-order valence-electron chi connectivity index (χ3n) is 3.98. The van der Waals surface area contributed by atoms with Gasteiger partial charge < -0.3 is 9.67 Å². The Hall–Kier alpha value is -2.41. The summed E-state index contributed by atoms with van der Waals surface area (Å²) in [6, 6.07) is 12.7. The lowest BCUT2D eigenvalue weighted by atomic mass is 10.1. The van der Waals surface area contributed by atoms with E-state index in [-0.39, 0.29) is 12.1 Å². The first-order chi connectivity index (χ1) is 12.1. The summed E-state index contributed by atoms with van der Waals surface area (Å²) in [6.07, 6.45) is 2.53. The molecule has 0 fully saturated rings. The number of hydrogen-bond acceptors (Lipinski definition) is 4. The predicted octanol–water partition coefficient (Wildman–Crippen LogP) is 3.61. The van der Waals surface area contributed by atoms with Gasteiger partial charge in [-0.05, 0) is 35.2 Å². The molecule has 0 unspecified atom stereocenters. The highest BCUT2D eigenvalue weighted by Gasteiger charge is 2.13. The van der Waals surface area contributed by atoms with Crippen LogP contribution >= 0.6 is 22.9 Å². The Morgan fingerprint density at radius 2 is 2.08 bits per heavy atom. The minimum atomic E-state index is -0.821. The number of nitrogens with zero attached hydrogens (tertiary/aromatic N) is 3. The Morgan fingerprint density at radius 3 is 2.84 bits per heavy atom. The van der Waals surface area contributed by atoms with Crippen LogP contribution in [0.4, 0.5) is 0 Å². The minimum absolute atomic E-state index is 0.148. The quantitative estimate of drug-likeness (QED) is 0.596. The number of rotatable bonds is 4. The van der Waals surface area contributed by atoms with Gasteiger partial charge in [-0.25, -0.2) is 4.52 Å². The van der Waals surface area contributed by atoms with Crippen LogP contribution in [0.1, 0.15) is 11.7 Å². The number of thiophene rings is 1. The summed E-state index contributed by atoms with van der Waals surface area (Å²) in [4.78, 5) is 13.7. The lowest BCUT2D eigenvalue weighted by Crippen LogP contribution is -2.24. The van der Waals surface area contributed by atoms with Crippen LogP contribution < -0.4 is 5.56 Å². The zero-order valence-electron chi connectivity index (χ0n) is 13.0. The maximum atomic E-state index is 12.7. The molecule has 25 heavy (non-hydrogen) atoms. The summed E-state index contributed by atoms with van der Waals surface area (Å²) >= 11 is 7.54. The fourth-order valence-electron chi connectivity index (χ4n) is 2.72. The number of aliphatic hydroxyl groups is 1. The first-order valence-corrected chi connectivity index (χ1v) is 8.94. The summed E-state index contributed by atoms with van der Waals surface area (Å²) in [7, 11) is 0. The van der Waals surface area contributed by atoms with Gasteiger partial charge in [0.15, 0.2) is 0 Å². The second-order valence-corrected chi connectivity index (χ2v) is 7.05. The van der Waals surface area contributed by atoms with Crippen molar-refractivity contribution in [2.75, 3.05) is 0 Å². The maximum absolute atomic E-state index is 12.7. The van der Waals surface area contributed by atoms with Crippen molar-refractivity contribution in [1.82, 2.24) is 14.2 Å². The van der Waals surface area contributed by atoms with Crippen molar-refractivity contribution in [2.45, 2.75) is 12.6 Å². The second-order valence-electron chi connectivity index (χ2n) is 5.66. The Kier molecular flexibility index (Phi) is 4.17. The average Bonchev–Trinajstić information content (AvgIpc) is 3.26. The molecule has 1 N–H and O–H groups in total. The summed E-state index contributed by atoms with van der Waals surface area (Å²) < 4.78 is 3.06. The third kappa shape index (κ3) is 3.11. The van der Waals surface area contributed by atoms with E-state index < -0.39 is 6.10 Å². The van der Waals surface area contributed by atoms with Gasteiger partial charge >= 0.3 is 0 Å². The fourth-order valence-corrected chi connectivity index (χ4v) is 3.60. The molecule has 0 aliphatic rings. The summed E-state index contributed by atoms with van der Waals surface area (Å²) in [5, 5.41) is 17.4. The SMILES string of the molecule is O=c1c2cc(-c3cccs3)nn2ccn1C[C@H](O)c1cccc(Cl)c1. The minimum Gasteiger partial charge on any atom is -0.387 e. The Balaban J connectivity index is 1.68. The van der Waals surface area contributed by atoms with Crippen molar-refractivity contribution in [3.05, 3.63) is 81.2 Å². The first kappa shape index (κ1) is 16.1. The second kappa shape index (κ2) is 6.48. The van der Waals surface area contributed by atoms with Gasteiger partial charge in [-0.3, -0.25) is 4.79 Å². The number of aliphatic hydroxyl groups excluding tert-OH is 1. The topological polar surface area (TPSA) is 59.5 Å². The number of aromatic nitrogens is 3. The molecule has 5 nitrogen and oxygen atoms in total. The van der Waals surface area contributed by atoms with E-state index in [0.717, 1.165) is 10.6 Å².